The Bertz CT molecular complexity index is 784. The summed E-state index contributed by atoms with van der Waals surface area (Å²) >= 11 is 0. The number of aliphatic hydroxyl groups is 1. The van der Waals surface area contributed by atoms with Crippen LogP contribution in [0.4, 0.5) is 8.78 Å². The molecule has 1 saturated carbocycles. The zero-order chi connectivity index (χ0) is 18.2. The maximum Gasteiger partial charge on any atom is 0.131 e. The minimum absolute atomic E-state index is 0.00458. The van der Waals surface area contributed by atoms with Crippen molar-refractivity contribution in [2.24, 2.45) is 5.41 Å². The first-order chi connectivity index (χ1) is 11.9. The van der Waals surface area contributed by atoms with Gasteiger partial charge in [-0.05, 0) is 59.6 Å². The van der Waals surface area contributed by atoms with Gasteiger partial charge in [0.25, 0.3) is 0 Å². The largest absolute Gasteiger partial charge is 0.497 e. The van der Waals surface area contributed by atoms with E-state index in [1.165, 1.54) is 31.4 Å². The molecule has 0 aliphatic heterocycles. The van der Waals surface area contributed by atoms with Gasteiger partial charge >= 0.3 is 0 Å². The summed E-state index contributed by atoms with van der Waals surface area (Å²) in [5.74, 6) is -0.377. The summed E-state index contributed by atoms with van der Waals surface area (Å²) in [6.45, 7) is 4.09. The second-order valence-corrected chi connectivity index (χ2v) is 7.48. The molecule has 0 spiro atoms. The lowest BCUT2D eigenvalue weighted by Crippen LogP contribution is -2.17. The summed E-state index contributed by atoms with van der Waals surface area (Å²) in [5.41, 5.74) is 1.79. The molecule has 0 radical (unpaired) electrons. The predicted octanol–water partition coefficient (Wildman–Crippen LogP) is 5.43. The molecule has 1 aliphatic rings. The highest BCUT2D eigenvalue weighted by Gasteiger charge is 2.37. The van der Waals surface area contributed by atoms with Gasteiger partial charge in [0, 0.05) is 11.1 Å². The molecule has 0 heterocycles. The van der Waals surface area contributed by atoms with Gasteiger partial charge in [-0.2, -0.15) is 0 Å². The van der Waals surface area contributed by atoms with E-state index in [-0.39, 0.29) is 29.1 Å². The van der Waals surface area contributed by atoms with Crippen molar-refractivity contribution in [2.75, 3.05) is 7.11 Å². The molecule has 1 aliphatic carbocycles. The molecule has 0 saturated heterocycles. The first-order valence-corrected chi connectivity index (χ1v) is 8.64. The van der Waals surface area contributed by atoms with Crippen molar-refractivity contribution in [1.29, 1.82) is 0 Å². The highest BCUT2D eigenvalue weighted by Crippen LogP contribution is 2.52. The van der Waals surface area contributed by atoms with Gasteiger partial charge in [0.15, 0.2) is 0 Å². The minimum atomic E-state index is -0.503. The summed E-state index contributed by atoms with van der Waals surface area (Å²) in [6.07, 6.45) is 3.03. The highest BCUT2D eigenvalue weighted by molar-refractivity contribution is 5.71. The van der Waals surface area contributed by atoms with E-state index < -0.39 is 11.6 Å². The highest BCUT2D eigenvalue weighted by atomic mass is 19.1. The smallest absolute Gasteiger partial charge is 0.131 e. The van der Waals surface area contributed by atoms with Crippen molar-refractivity contribution in [3.05, 3.63) is 53.1 Å². The Morgan fingerprint density at radius 3 is 2.52 bits per heavy atom. The third-order valence-corrected chi connectivity index (χ3v) is 5.44. The van der Waals surface area contributed by atoms with Crippen LogP contribution in [-0.2, 0) is 6.61 Å². The van der Waals surface area contributed by atoms with E-state index in [4.69, 9.17) is 4.74 Å². The van der Waals surface area contributed by atoms with Crippen molar-refractivity contribution in [3.63, 3.8) is 0 Å². The molecule has 1 N–H and O–H groups in total. The molecule has 134 valence electrons. The van der Waals surface area contributed by atoms with Gasteiger partial charge in [0.05, 0.1) is 13.7 Å². The van der Waals surface area contributed by atoms with Crippen molar-refractivity contribution in [1.82, 2.24) is 0 Å². The molecule has 1 fully saturated rings. The van der Waals surface area contributed by atoms with E-state index in [9.17, 15) is 13.9 Å². The van der Waals surface area contributed by atoms with Crippen LogP contribution in [0.25, 0.3) is 11.1 Å². The van der Waals surface area contributed by atoms with E-state index in [0.29, 0.717) is 11.3 Å². The summed E-state index contributed by atoms with van der Waals surface area (Å²) in [4.78, 5) is 0. The number of hydrogen-bond acceptors (Lipinski definition) is 2. The van der Waals surface area contributed by atoms with E-state index in [1.54, 1.807) is 0 Å². The quantitative estimate of drug-likeness (QED) is 0.800. The van der Waals surface area contributed by atoms with Crippen LogP contribution in [0.1, 0.15) is 50.2 Å². The second-order valence-electron chi connectivity index (χ2n) is 7.48. The van der Waals surface area contributed by atoms with Crippen molar-refractivity contribution < 1.29 is 18.6 Å². The molecule has 0 unspecified atom stereocenters. The van der Waals surface area contributed by atoms with Crippen molar-refractivity contribution in [2.45, 2.75) is 45.6 Å². The predicted molar refractivity (Wildman–Crippen MR) is 94.6 cm³/mol. The monoisotopic (exact) mass is 346 g/mol. The lowest BCUT2D eigenvalue weighted by atomic mass is 9.75. The fraction of sp³-hybridized carbons (Fsp3) is 0.429. The molecule has 0 bridgehead atoms. The van der Waals surface area contributed by atoms with Gasteiger partial charge in [-0.15, -0.1) is 0 Å². The summed E-state index contributed by atoms with van der Waals surface area (Å²) in [7, 11) is 1.50. The standard InChI is InChI=1S/C21H24F2O2/c1-21(2)8-4-5-17(21)15-9-13(12-24)10-19(23)20(15)16-11-14(25-3)6-7-18(16)22/h6-7,9-11,17,24H,4-5,8,12H2,1-3H3/t17-/m0/s1. The fourth-order valence-corrected chi connectivity index (χ4v) is 4.06. The summed E-state index contributed by atoms with van der Waals surface area (Å²) < 4.78 is 34.7. The third kappa shape index (κ3) is 3.28. The molecule has 2 aromatic carbocycles. The number of halogens is 2. The Balaban J connectivity index is 2.26. The molecule has 0 aromatic heterocycles. The zero-order valence-electron chi connectivity index (χ0n) is 14.9. The number of benzene rings is 2. The Morgan fingerprint density at radius 1 is 1.16 bits per heavy atom. The van der Waals surface area contributed by atoms with Crippen LogP contribution in [0.3, 0.4) is 0 Å². The SMILES string of the molecule is COc1ccc(F)c(-c2c(F)cc(CO)cc2[C@@H]2CCCC2(C)C)c1. The summed E-state index contributed by atoms with van der Waals surface area (Å²) in [5, 5.41) is 9.50. The second kappa shape index (κ2) is 6.75. The average molecular weight is 346 g/mol. The number of aliphatic hydroxyl groups excluding tert-OH is 1. The normalized spacial score (nSPS) is 19.2. The van der Waals surface area contributed by atoms with Crippen LogP contribution >= 0.6 is 0 Å². The van der Waals surface area contributed by atoms with E-state index >= 15 is 0 Å². The van der Waals surface area contributed by atoms with E-state index in [0.717, 1.165) is 24.8 Å². The lowest BCUT2D eigenvalue weighted by molar-refractivity contribution is 0.280. The lowest BCUT2D eigenvalue weighted by Gasteiger charge is -2.30. The molecular formula is C21H24F2O2. The van der Waals surface area contributed by atoms with Crippen molar-refractivity contribution >= 4 is 0 Å². The first-order valence-electron chi connectivity index (χ1n) is 8.64. The molecule has 4 heteroatoms. The van der Waals surface area contributed by atoms with Crippen LogP contribution in [0.15, 0.2) is 30.3 Å². The van der Waals surface area contributed by atoms with Gasteiger partial charge in [-0.25, -0.2) is 8.78 Å². The Kier molecular flexibility index (Phi) is 4.83. The molecule has 2 aromatic rings. The third-order valence-electron chi connectivity index (χ3n) is 5.44. The topological polar surface area (TPSA) is 29.5 Å². The van der Waals surface area contributed by atoms with Gasteiger partial charge in [-0.1, -0.05) is 26.3 Å². The summed E-state index contributed by atoms with van der Waals surface area (Å²) in [6, 6.07) is 7.49. The molecule has 0 amide bonds. The van der Waals surface area contributed by atoms with Gasteiger partial charge in [0.1, 0.15) is 17.4 Å². The maximum atomic E-state index is 15.0. The van der Waals surface area contributed by atoms with Gasteiger partial charge in [0.2, 0.25) is 0 Å². The molecule has 3 rings (SSSR count). The Morgan fingerprint density at radius 2 is 1.92 bits per heavy atom. The van der Waals surface area contributed by atoms with Crippen LogP contribution in [-0.4, -0.2) is 12.2 Å². The van der Waals surface area contributed by atoms with E-state index in [1.807, 2.05) is 6.07 Å². The minimum Gasteiger partial charge on any atom is -0.497 e. The van der Waals surface area contributed by atoms with Crippen LogP contribution in [0, 0.1) is 17.0 Å². The van der Waals surface area contributed by atoms with E-state index in [2.05, 4.69) is 13.8 Å². The fourth-order valence-electron chi connectivity index (χ4n) is 4.06. The zero-order valence-corrected chi connectivity index (χ0v) is 14.9. The first kappa shape index (κ1) is 17.9. The van der Waals surface area contributed by atoms with Crippen LogP contribution in [0.2, 0.25) is 0 Å². The maximum absolute atomic E-state index is 15.0. The van der Waals surface area contributed by atoms with Crippen LogP contribution < -0.4 is 4.74 Å². The Hall–Kier alpha value is -1.94. The number of ether oxygens (including phenoxy) is 1. The molecular weight excluding hydrogens is 322 g/mol. The molecule has 1 atom stereocenters. The Labute approximate surface area is 147 Å². The van der Waals surface area contributed by atoms with Gasteiger partial charge < -0.3 is 9.84 Å². The number of hydrogen-bond donors (Lipinski definition) is 1. The van der Waals surface area contributed by atoms with Gasteiger partial charge in [-0.3, -0.25) is 0 Å². The van der Waals surface area contributed by atoms with Crippen LogP contribution in [0.5, 0.6) is 5.75 Å². The molecule has 2 nitrogen and oxygen atoms in total. The number of rotatable bonds is 4. The molecule has 25 heavy (non-hydrogen) atoms. The van der Waals surface area contributed by atoms with Crippen molar-refractivity contribution in [3.8, 4) is 16.9 Å². The number of methoxy groups -OCH3 is 1. The average Bonchev–Trinajstić information content (AvgIpc) is 2.94.